The summed E-state index contributed by atoms with van der Waals surface area (Å²) in [6.07, 6.45) is 3.54. The molecular formula is C22H21N3O3. The van der Waals surface area contributed by atoms with Gasteiger partial charge in [0.05, 0.1) is 14.2 Å². The first kappa shape index (κ1) is 19.1. The van der Waals surface area contributed by atoms with E-state index in [0.717, 1.165) is 11.1 Å². The van der Waals surface area contributed by atoms with Crippen LogP contribution < -0.4 is 14.8 Å². The summed E-state index contributed by atoms with van der Waals surface area (Å²) in [7, 11) is 3.18. The molecule has 0 amide bonds. The standard InChI is InChI=1S/C22H21N3O3/c1-15-4-6-17(7-5-15)14-24-22-18(13-23)25-21(28-22)11-9-16-8-10-19(26-2)20(12-16)27-3/h4-12,24H,14H2,1-3H3. The van der Waals surface area contributed by atoms with Gasteiger partial charge in [-0.15, -0.1) is 0 Å². The fourth-order valence-electron chi connectivity index (χ4n) is 2.62. The van der Waals surface area contributed by atoms with Crippen molar-refractivity contribution in [2.45, 2.75) is 13.5 Å². The van der Waals surface area contributed by atoms with Crippen molar-refractivity contribution >= 4 is 18.0 Å². The SMILES string of the molecule is COc1ccc(C=Cc2nc(C#N)c(NCc3ccc(C)cc3)o2)cc1OC. The maximum absolute atomic E-state index is 9.31. The highest BCUT2D eigenvalue weighted by Gasteiger charge is 2.11. The van der Waals surface area contributed by atoms with Gasteiger partial charge in [0.25, 0.3) is 0 Å². The first-order valence-corrected chi connectivity index (χ1v) is 8.73. The van der Waals surface area contributed by atoms with Crippen molar-refractivity contribution in [3.8, 4) is 17.6 Å². The minimum absolute atomic E-state index is 0.221. The Morgan fingerprint density at radius 1 is 1.07 bits per heavy atom. The van der Waals surface area contributed by atoms with Crippen molar-refractivity contribution < 1.29 is 13.9 Å². The van der Waals surface area contributed by atoms with E-state index in [1.807, 2.05) is 55.5 Å². The van der Waals surface area contributed by atoms with Crippen LogP contribution in [0.25, 0.3) is 12.2 Å². The molecule has 0 spiro atoms. The number of oxazole rings is 1. The lowest BCUT2D eigenvalue weighted by atomic mass is 10.1. The van der Waals surface area contributed by atoms with E-state index in [1.165, 1.54) is 5.56 Å². The van der Waals surface area contributed by atoms with Gasteiger partial charge < -0.3 is 19.2 Å². The number of aryl methyl sites for hydroxylation is 1. The molecule has 0 bridgehead atoms. The molecule has 3 rings (SSSR count). The molecule has 28 heavy (non-hydrogen) atoms. The molecule has 0 saturated carbocycles. The normalized spacial score (nSPS) is 10.6. The van der Waals surface area contributed by atoms with E-state index in [9.17, 15) is 5.26 Å². The number of ether oxygens (including phenoxy) is 2. The van der Waals surface area contributed by atoms with Gasteiger partial charge in [0.2, 0.25) is 17.5 Å². The predicted molar refractivity (Wildman–Crippen MR) is 108 cm³/mol. The molecule has 3 aromatic rings. The van der Waals surface area contributed by atoms with Crippen LogP contribution in [-0.4, -0.2) is 19.2 Å². The van der Waals surface area contributed by atoms with Crippen molar-refractivity contribution in [1.82, 2.24) is 4.98 Å². The van der Waals surface area contributed by atoms with Gasteiger partial charge >= 0.3 is 0 Å². The Morgan fingerprint density at radius 2 is 1.82 bits per heavy atom. The third kappa shape index (κ3) is 4.51. The quantitative estimate of drug-likeness (QED) is 0.647. The lowest BCUT2D eigenvalue weighted by Gasteiger charge is -2.07. The topological polar surface area (TPSA) is 80.3 Å². The number of hydrogen-bond donors (Lipinski definition) is 1. The Balaban J connectivity index is 1.74. The highest BCUT2D eigenvalue weighted by molar-refractivity contribution is 5.69. The maximum atomic E-state index is 9.31. The molecule has 6 heteroatoms. The molecular weight excluding hydrogens is 354 g/mol. The first-order chi connectivity index (χ1) is 13.6. The lowest BCUT2D eigenvalue weighted by molar-refractivity contribution is 0.355. The summed E-state index contributed by atoms with van der Waals surface area (Å²) in [6.45, 7) is 2.58. The van der Waals surface area contributed by atoms with Gasteiger partial charge in [0.1, 0.15) is 6.07 Å². The fraction of sp³-hybridized carbons (Fsp3) is 0.182. The number of anilines is 1. The molecule has 2 aromatic carbocycles. The maximum Gasteiger partial charge on any atom is 0.232 e. The summed E-state index contributed by atoms with van der Waals surface area (Å²) in [6, 6.07) is 15.8. The molecule has 0 aliphatic carbocycles. The monoisotopic (exact) mass is 375 g/mol. The summed E-state index contributed by atoms with van der Waals surface area (Å²) in [5.41, 5.74) is 3.40. The third-order valence-electron chi connectivity index (χ3n) is 4.15. The van der Waals surface area contributed by atoms with Gasteiger partial charge in [-0.2, -0.15) is 10.2 Å². The molecule has 0 aliphatic rings. The summed E-state index contributed by atoms with van der Waals surface area (Å²) in [4.78, 5) is 4.21. The smallest absolute Gasteiger partial charge is 0.232 e. The van der Waals surface area contributed by atoms with E-state index in [1.54, 1.807) is 20.3 Å². The zero-order chi connectivity index (χ0) is 19.9. The van der Waals surface area contributed by atoms with Gasteiger partial charge in [0.15, 0.2) is 11.5 Å². The summed E-state index contributed by atoms with van der Waals surface area (Å²) in [5, 5.41) is 12.4. The van der Waals surface area contributed by atoms with Gasteiger partial charge in [-0.05, 0) is 36.3 Å². The number of nitrogens with zero attached hydrogens (tertiary/aromatic N) is 2. The van der Waals surface area contributed by atoms with Crippen LogP contribution in [0, 0.1) is 18.3 Å². The third-order valence-corrected chi connectivity index (χ3v) is 4.15. The van der Waals surface area contributed by atoms with Crippen molar-refractivity contribution in [3.05, 3.63) is 70.7 Å². The molecule has 1 N–H and O–H groups in total. The van der Waals surface area contributed by atoms with Crippen molar-refractivity contribution in [2.75, 3.05) is 19.5 Å². The van der Waals surface area contributed by atoms with Crippen LogP contribution in [0.15, 0.2) is 46.9 Å². The second kappa shape index (κ2) is 8.78. The van der Waals surface area contributed by atoms with E-state index < -0.39 is 0 Å². The molecule has 0 atom stereocenters. The van der Waals surface area contributed by atoms with E-state index in [-0.39, 0.29) is 5.69 Å². The van der Waals surface area contributed by atoms with E-state index in [0.29, 0.717) is 29.8 Å². The summed E-state index contributed by atoms with van der Waals surface area (Å²) < 4.78 is 16.2. The van der Waals surface area contributed by atoms with Crippen LogP contribution >= 0.6 is 0 Å². The molecule has 0 unspecified atom stereocenters. The molecule has 6 nitrogen and oxygen atoms in total. The second-order valence-electron chi connectivity index (χ2n) is 6.13. The number of methoxy groups -OCH3 is 2. The van der Waals surface area contributed by atoms with Gasteiger partial charge in [-0.25, -0.2) is 0 Å². The molecule has 0 aliphatic heterocycles. The van der Waals surface area contributed by atoms with Crippen LogP contribution in [-0.2, 0) is 6.54 Å². The Bertz CT molecular complexity index is 1010. The van der Waals surface area contributed by atoms with Crippen LogP contribution in [0.4, 0.5) is 5.88 Å². The number of rotatable bonds is 7. The Kier molecular flexibility index (Phi) is 5.97. The van der Waals surface area contributed by atoms with Gasteiger partial charge in [-0.1, -0.05) is 35.9 Å². The van der Waals surface area contributed by atoms with E-state index >= 15 is 0 Å². The number of hydrogen-bond acceptors (Lipinski definition) is 6. The highest BCUT2D eigenvalue weighted by Crippen LogP contribution is 2.28. The number of nitriles is 1. The van der Waals surface area contributed by atoms with Gasteiger partial charge in [0, 0.05) is 12.6 Å². The predicted octanol–water partition coefficient (Wildman–Crippen LogP) is 4.65. The summed E-state index contributed by atoms with van der Waals surface area (Å²) in [5.74, 6) is 1.99. The van der Waals surface area contributed by atoms with E-state index in [2.05, 4.69) is 16.4 Å². The van der Waals surface area contributed by atoms with Crippen LogP contribution in [0.5, 0.6) is 11.5 Å². The van der Waals surface area contributed by atoms with Gasteiger partial charge in [-0.3, -0.25) is 0 Å². The molecule has 142 valence electrons. The fourth-order valence-corrected chi connectivity index (χ4v) is 2.62. The Hall–Kier alpha value is -3.72. The van der Waals surface area contributed by atoms with Crippen molar-refractivity contribution in [2.24, 2.45) is 0 Å². The molecule has 1 aromatic heterocycles. The van der Waals surface area contributed by atoms with Crippen LogP contribution in [0.1, 0.15) is 28.3 Å². The largest absolute Gasteiger partial charge is 0.493 e. The zero-order valence-corrected chi connectivity index (χ0v) is 16.0. The first-order valence-electron chi connectivity index (χ1n) is 8.73. The average molecular weight is 375 g/mol. The van der Waals surface area contributed by atoms with Crippen LogP contribution in [0.2, 0.25) is 0 Å². The highest BCUT2D eigenvalue weighted by atomic mass is 16.5. The van der Waals surface area contributed by atoms with Crippen molar-refractivity contribution in [3.63, 3.8) is 0 Å². The van der Waals surface area contributed by atoms with Crippen molar-refractivity contribution in [1.29, 1.82) is 5.26 Å². The molecule has 1 heterocycles. The lowest BCUT2D eigenvalue weighted by Crippen LogP contribution is -1.99. The zero-order valence-electron chi connectivity index (χ0n) is 16.0. The molecule has 0 fully saturated rings. The Morgan fingerprint density at radius 3 is 2.50 bits per heavy atom. The van der Waals surface area contributed by atoms with E-state index in [4.69, 9.17) is 13.9 Å². The van der Waals surface area contributed by atoms with Crippen LogP contribution in [0.3, 0.4) is 0 Å². The minimum atomic E-state index is 0.221. The number of benzene rings is 2. The average Bonchev–Trinajstić information content (AvgIpc) is 3.13. The molecule has 0 radical (unpaired) electrons. The number of nitrogens with one attached hydrogen (secondary N) is 1. The Labute approximate surface area is 164 Å². The number of aromatic nitrogens is 1. The minimum Gasteiger partial charge on any atom is -0.493 e. The summed E-state index contributed by atoms with van der Waals surface area (Å²) >= 11 is 0. The second-order valence-corrected chi connectivity index (χ2v) is 6.13. The molecule has 0 saturated heterocycles.